The van der Waals surface area contributed by atoms with Crippen LogP contribution >= 0.6 is 0 Å². The van der Waals surface area contributed by atoms with Gasteiger partial charge in [0, 0.05) is 17.6 Å². The molecule has 0 saturated carbocycles. The second kappa shape index (κ2) is 10.0. The fourth-order valence-electron chi connectivity index (χ4n) is 4.47. The van der Waals surface area contributed by atoms with Gasteiger partial charge < -0.3 is 19.0 Å². The number of halogens is 1. The third-order valence-electron chi connectivity index (χ3n) is 6.22. The number of fused-ring (bicyclic) bond motifs is 1. The Hall–Kier alpha value is -3.46. The van der Waals surface area contributed by atoms with E-state index in [9.17, 15) is 8.60 Å². The van der Waals surface area contributed by atoms with Crippen molar-refractivity contribution < 1.29 is 18.2 Å². The largest absolute Gasteiger partial charge is 0.495 e. The molecule has 0 aliphatic carbocycles. The molecule has 1 unspecified atom stereocenters. The summed E-state index contributed by atoms with van der Waals surface area (Å²) in [5.74, 6) is 1.60. The highest BCUT2D eigenvalue weighted by atomic mass is 32.2. The topological polar surface area (TPSA) is 69.0 Å². The van der Waals surface area contributed by atoms with Crippen LogP contribution in [-0.2, 0) is 15.6 Å². The minimum atomic E-state index is -1.26. The van der Waals surface area contributed by atoms with Gasteiger partial charge in [0.25, 0.3) is 0 Å². The number of benzene rings is 2. The highest BCUT2D eigenvalue weighted by Crippen LogP contribution is 2.30. The third-order valence-corrected chi connectivity index (χ3v) is 7.70. The highest BCUT2D eigenvalue weighted by molar-refractivity contribution is 7.85. The number of hydrogen-bond acceptors (Lipinski definition) is 6. The van der Waals surface area contributed by atoms with E-state index in [0.717, 1.165) is 53.5 Å². The van der Waals surface area contributed by atoms with Crippen molar-refractivity contribution >= 4 is 22.7 Å². The van der Waals surface area contributed by atoms with Gasteiger partial charge in [0.05, 0.1) is 47.4 Å². The Bertz CT molecular complexity index is 1300. The van der Waals surface area contributed by atoms with Crippen molar-refractivity contribution in [2.75, 3.05) is 26.0 Å². The van der Waals surface area contributed by atoms with Gasteiger partial charge in [0.2, 0.25) is 0 Å². The molecule has 2 aromatic carbocycles. The van der Waals surface area contributed by atoms with E-state index < -0.39 is 10.8 Å². The van der Waals surface area contributed by atoms with Crippen LogP contribution in [0.3, 0.4) is 0 Å². The van der Waals surface area contributed by atoms with Gasteiger partial charge in [-0.1, -0.05) is 11.2 Å². The highest BCUT2D eigenvalue weighted by Gasteiger charge is 2.33. The van der Waals surface area contributed by atoms with E-state index in [0.29, 0.717) is 17.3 Å². The molecule has 1 fully saturated rings. The Balaban J connectivity index is 1.37. The molecule has 0 radical (unpaired) electrons. The summed E-state index contributed by atoms with van der Waals surface area (Å²) in [7, 11) is 0.396. The number of rotatable bonds is 6. The Morgan fingerprint density at radius 1 is 1.26 bits per heavy atom. The number of aryl methyl sites for hydroxylation is 1. The molecule has 0 spiro atoms. The number of amidine groups is 1. The zero-order valence-electron chi connectivity index (χ0n) is 19.7. The first-order valence-electron chi connectivity index (χ1n) is 11.5. The van der Waals surface area contributed by atoms with Crippen molar-refractivity contribution in [1.29, 1.82) is 0 Å². The van der Waals surface area contributed by atoms with Crippen molar-refractivity contribution in [2.24, 2.45) is 5.16 Å². The predicted octanol–water partition coefficient (Wildman–Crippen LogP) is 4.33. The summed E-state index contributed by atoms with van der Waals surface area (Å²) in [5, 5.41) is 4.36. The van der Waals surface area contributed by atoms with Crippen LogP contribution in [0, 0.1) is 12.7 Å². The number of piperidine rings is 1. The maximum absolute atomic E-state index is 13.2. The molecule has 35 heavy (non-hydrogen) atoms. The van der Waals surface area contributed by atoms with Crippen molar-refractivity contribution in [3.63, 3.8) is 0 Å². The van der Waals surface area contributed by atoms with Crippen LogP contribution < -0.4 is 4.74 Å². The Kier molecular flexibility index (Phi) is 6.68. The number of nitrogens with zero attached hydrogens (tertiary/aromatic N) is 4. The van der Waals surface area contributed by atoms with Crippen molar-refractivity contribution in [3.05, 3.63) is 77.6 Å². The summed E-state index contributed by atoms with van der Waals surface area (Å²) >= 11 is 0. The molecule has 1 saturated heterocycles. The average molecular weight is 495 g/mol. The van der Waals surface area contributed by atoms with E-state index in [4.69, 9.17) is 9.57 Å². The number of aromatic nitrogens is 2. The molecule has 1 aromatic heterocycles. The fraction of sp³-hybridized carbons (Fsp3) is 0.308. The lowest BCUT2D eigenvalue weighted by Gasteiger charge is -2.39. The first-order valence-corrected chi connectivity index (χ1v) is 12.8. The Morgan fingerprint density at radius 2 is 2.09 bits per heavy atom. The molecular weight excluding hydrogens is 467 g/mol. The quantitative estimate of drug-likeness (QED) is 0.510. The predicted molar refractivity (Wildman–Crippen MR) is 134 cm³/mol. The lowest BCUT2D eigenvalue weighted by molar-refractivity contribution is 0.0662. The van der Waals surface area contributed by atoms with Gasteiger partial charge in [-0.25, -0.2) is 9.37 Å². The molecule has 2 aliphatic heterocycles. The van der Waals surface area contributed by atoms with Crippen LogP contribution in [0.15, 0.2) is 70.6 Å². The van der Waals surface area contributed by atoms with Gasteiger partial charge in [-0.05, 0) is 73.4 Å². The molecule has 2 aliphatic rings. The van der Waals surface area contributed by atoms with Gasteiger partial charge in [0.1, 0.15) is 18.2 Å². The summed E-state index contributed by atoms with van der Waals surface area (Å²) in [6.07, 6.45) is 7.68. The Labute approximate surface area is 206 Å². The van der Waals surface area contributed by atoms with E-state index in [2.05, 4.69) is 21.1 Å². The molecule has 3 aromatic rings. The number of methoxy groups -OCH3 is 1. The second-order valence-electron chi connectivity index (χ2n) is 8.65. The summed E-state index contributed by atoms with van der Waals surface area (Å²) in [5.41, 5.74) is 3.92. The monoisotopic (exact) mass is 494 g/mol. The minimum absolute atomic E-state index is 0.0709. The van der Waals surface area contributed by atoms with Gasteiger partial charge in [0.15, 0.2) is 5.84 Å². The lowest BCUT2D eigenvalue weighted by atomic mass is 9.98. The summed E-state index contributed by atoms with van der Waals surface area (Å²) in [4.78, 5) is 12.7. The fourth-order valence-corrected chi connectivity index (χ4v) is 5.72. The molecule has 3 heterocycles. The molecule has 0 amide bonds. The van der Waals surface area contributed by atoms with E-state index >= 15 is 0 Å². The van der Waals surface area contributed by atoms with Crippen molar-refractivity contribution in [1.82, 2.24) is 14.5 Å². The Morgan fingerprint density at radius 3 is 2.83 bits per heavy atom. The normalized spacial score (nSPS) is 19.6. The molecule has 2 atom stereocenters. The van der Waals surface area contributed by atoms with Crippen molar-refractivity contribution in [3.8, 4) is 11.4 Å². The average Bonchev–Trinajstić information content (AvgIpc) is 3.31. The summed E-state index contributed by atoms with van der Waals surface area (Å²) < 4.78 is 33.8. The number of hydrogen-bond donors (Lipinski definition) is 0. The first-order chi connectivity index (χ1) is 17.0. The van der Waals surface area contributed by atoms with E-state index in [1.807, 2.05) is 35.9 Å². The van der Waals surface area contributed by atoms with Crippen LogP contribution in [0.5, 0.6) is 5.75 Å². The lowest BCUT2D eigenvalue weighted by Crippen LogP contribution is -2.51. The van der Waals surface area contributed by atoms with Gasteiger partial charge in [-0.3, -0.25) is 4.21 Å². The molecule has 5 rings (SSSR count). The molecule has 7 nitrogen and oxygen atoms in total. The smallest absolute Gasteiger partial charge is 0.171 e. The first kappa shape index (κ1) is 23.3. The second-order valence-corrected chi connectivity index (χ2v) is 10.1. The molecule has 0 N–H and O–H groups in total. The number of ether oxygens (including phenoxy) is 1. The standard InChI is InChI=1S/C26H27FN4O3S/c1-18-14-30(17-28-18)24-10-5-19(13-25(24)33-2)12-20-4-3-11-31-22(15-34-29-26(20)31)16-35(32)23-8-6-21(27)7-9-23/h5-10,12-14,17,22H,3-4,11,15-16H2,1-2H3/b20-12+/t22-,35?/m1/s1. The van der Waals surface area contributed by atoms with Crippen LogP contribution in [0.2, 0.25) is 0 Å². The minimum Gasteiger partial charge on any atom is -0.495 e. The molecule has 0 bridgehead atoms. The van der Waals surface area contributed by atoms with E-state index in [1.165, 1.54) is 12.1 Å². The van der Waals surface area contributed by atoms with Crippen LogP contribution in [0.1, 0.15) is 24.1 Å². The van der Waals surface area contributed by atoms with E-state index in [1.54, 1.807) is 25.6 Å². The maximum atomic E-state index is 13.2. The van der Waals surface area contributed by atoms with Gasteiger partial charge in [-0.15, -0.1) is 0 Å². The van der Waals surface area contributed by atoms with Crippen LogP contribution in [0.25, 0.3) is 11.8 Å². The van der Waals surface area contributed by atoms with E-state index in [-0.39, 0.29) is 11.9 Å². The van der Waals surface area contributed by atoms with Crippen LogP contribution in [-0.4, -0.2) is 56.6 Å². The molecular formula is C26H27FN4O3S. The summed E-state index contributed by atoms with van der Waals surface area (Å²) in [6, 6.07) is 11.8. The molecule has 9 heteroatoms. The SMILES string of the molecule is COc1cc(/C=C2\CCCN3C2=NOC[C@@H]3CS(=O)c2ccc(F)cc2)ccc1-n1cnc(C)c1. The zero-order valence-corrected chi connectivity index (χ0v) is 20.5. The van der Waals surface area contributed by atoms with Crippen molar-refractivity contribution in [2.45, 2.75) is 30.7 Å². The molecule has 182 valence electrons. The zero-order chi connectivity index (χ0) is 24.4. The van der Waals surface area contributed by atoms with Gasteiger partial charge in [-0.2, -0.15) is 0 Å². The third kappa shape index (κ3) is 5.00. The maximum Gasteiger partial charge on any atom is 0.171 e. The summed E-state index contributed by atoms with van der Waals surface area (Å²) in [6.45, 7) is 3.15. The van der Waals surface area contributed by atoms with Gasteiger partial charge >= 0.3 is 0 Å². The number of oxime groups is 1. The number of imidazole rings is 1. The van der Waals surface area contributed by atoms with Crippen LogP contribution in [0.4, 0.5) is 4.39 Å².